The molecule has 2 heterocycles. The molecule has 12 nitrogen and oxygen atoms in total. The van der Waals surface area contributed by atoms with Gasteiger partial charge in [-0.05, 0) is 111 Å². The maximum atomic E-state index is 13.9. The zero-order valence-electron chi connectivity index (χ0n) is 30.4. The molecule has 0 radical (unpaired) electrons. The van der Waals surface area contributed by atoms with Gasteiger partial charge in [0.1, 0.15) is 0 Å². The van der Waals surface area contributed by atoms with E-state index in [1.807, 2.05) is 67.1 Å². The van der Waals surface area contributed by atoms with Crippen molar-refractivity contribution in [1.29, 1.82) is 0 Å². The van der Waals surface area contributed by atoms with E-state index in [1.54, 1.807) is 7.11 Å². The van der Waals surface area contributed by atoms with Crippen molar-refractivity contribution in [3.8, 4) is 11.5 Å². The van der Waals surface area contributed by atoms with Gasteiger partial charge in [0.25, 0.3) is 0 Å². The van der Waals surface area contributed by atoms with Crippen molar-refractivity contribution in [1.82, 2.24) is 9.80 Å². The molecule has 2 amide bonds. The summed E-state index contributed by atoms with van der Waals surface area (Å²) in [5.74, 6) is 2.17. The van der Waals surface area contributed by atoms with Crippen molar-refractivity contribution in [3.63, 3.8) is 0 Å². The van der Waals surface area contributed by atoms with Gasteiger partial charge in [-0.3, -0.25) is 23.6 Å². The van der Waals surface area contributed by atoms with Crippen LogP contribution >= 0.6 is 11.6 Å². The quantitative estimate of drug-likeness (QED) is 0.253. The lowest BCUT2D eigenvalue weighted by atomic mass is 9.84. The van der Waals surface area contributed by atoms with Gasteiger partial charge in [0, 0.05) is 56.2 Å². The Labute approximate surface area is 311 Å². The first-order chi connectivity index (χ1) is 24.6. The fourth-order valence-corrected chi connectivity index (χ4v) is 7.60. The number of likely N-dealkylation sites (N-methyl/N-ethyl adjacent to an activating group) is 1. The summed E-state index contributed by atoms with van der Waals surface area (Å²) in [5, 5.41) is 0.650. The molecule has 0 bridgehead atoms. The van der Waals surface area contributed by atoms with Crippen LogP contribution in [0.15, 0.2) is 60.7 Å². The van der Waals surface area contributed by atoms with Crippen molar-refractivity contribution in [3.05, 3.63) is 82.4 Å². The van der Waals surface area contributed by atoms with Gasteiger partial charge < -0.3 is 24.2 Å². The Bertz CT molecular complexity index is 1810. The topological polar surface area (TPSA) is 140 Å². The smallest absolute Gasteiger partial charge is 0.394 e. The van der Waals surface area contributed by atoms with E-state index >= 15 is 0 Å². The predicted octanol–water partition coefficient (Wildman–Crippen LogP) is 5.93. The van der Waals surface area contributed by atoms with E-state index < -0.39 is 10.4 Å². The van der Waals surface area contributed by atoms with E-state index in [2.05, 4.69) is 41.1 Å². The summed E-state index contributed by atoms with van der Waals surface area (Å²) < 4.78 is 43.4. The molecule has 2 aliphatic heterocycles. The van der Waals surface area contributed by atoms with Crippen molar-refractivity contribution in [2.45, 2.75) is 64.1 Å². The highest BCUT2D eigenvalue weighted by Crippen LogP contribution is 2.44. The fourth-order valence-electron chi connectivity index (χ4n) is 7.47. The molecule has 1 atom stereocenters. The third-order valence-electron chi connectivity index (χ3n) is 10.1. The van der Waals surface area contributed by atoms with Crippen LogP contribution in [0.25, 0.3) is 0 Å². The van der Waals surface area contributed by atoms with E-state index in [1.165, 1.54) is 12.8 Å². The van der Waals surface area contributed by atoms with Crippen LogP contribution in [0.4, 0.5) is 11.4 Å². The summed E-state index contributed by atoms with van der Waals surface area (Å²) in [6.45, 7) is 7.34. The van der Waals surface area contributed by atoms with E-state index in [9.17, 15) is 9.59 Å². The van der Waals surface area contributed by atoms with Gasteiger partial charge in [-0.1, -0.05) is 23.7 Å². The van der Waals surface area contributed by atoms with Crippen LogP contribution in [0.3, 0.4) is 0 Å². The van der Waals surface area contributed by atoms with Crippen molar-refractivity contribution in [2.24, 2.45) is 5.92 Å². The minimum absolute atomic E-state index is 0.0249. The lowest BCUT2D eigenvalue weighted by molar-refractivity contribution is -0.135. The Hall–Kier alpha value is -3.88. The monoisotopic (exact) mass is 756 g/mol. The minimum atomic E-state index is -4.67. The van der Waals surface area contributed by atoms with Crippen LogP contribution in [0.1, 0.15) is 62.3 Å². The standard InChI is InChI=1S/C38H47ClN4O4.H2O4S/c1-25(2)47-35-22-33-28(20-34(35)46-5)21-36(44)43(38(33)27-8-10-29(39)11-9-27)32-16-14-30(15-17-32)41(4)23-26-6-12-31(13-7-26)42-19-18-40(3)37(45)24-42;1-5(2,3)4/h8-11,14-17,20,22,25-26,31,38H,6-7,12-13,18-19,21,23-24H2,1-5H3;(H2,1,2,3,4)/t26?,31?,38-;/m0./s1. The number of piperazine rings is 1. The summed E-state index contributed by atoms with van der Waals surface area (Å²) >= 11 is 6.29. The van der Waals surface area contributed by atoms with Crippen LogP contribution < -0.4 is 19.3 Å². The average Bonchev–Trinajstić information content (AvgIpc) is 3.09. The maximum Gasteiger partial charge on any atom is 0.394 e. The van der Waals surface area contributed by atoms with Gasteiger partial charge in [0.05, 0.1) is 32.2 Å². The van der Waals surface area contributed by atoms with E-state index in [4.69, 9.17) is 38.6 Å². The first kappa shape index (κ1) is 39.3. The lowest BCUT2D eigenvalue weighted by Crippen LogP contribution is -2.53. The number of hydrogen-bond donors (Lipinski definition) is 2. The first-order valence-corrected chi connectivity index (χ1v) is 19.3. The van der Waals surface area contributed by atoms with E-state index in [-0.39, 0.29) is 30.4 Å². The fraction of sp³-hybridized carbons (Fsp3) is 0.474. The second-order valence-corrected chi connectivity index (χ2v) is 15.4. The average molecular weight is 757 g/mol. The molecule has 3 aliphatic rings. The molecule has 14 heteroatoms. The molecular weight excluding hydrogens is 708 g/mol. The van der Waals surface area contributed by atoms with Crippen LogP contribution in [0.5, 0.6) is 11.5 Å². The molecule has 1 saturated carbocycles. The normalized spacial score (nSPS) is 21.0. The Morgan fingerprint density at radius 3 is 2.13 bits per heavy atom. The number of fused-ring (bicyclic) bond motifs is 1. The molecule has 52 heavy (non-hydrogen) atoms. The number of ether oxygens (including phenoxy) is 2. The minimum Gasteiger partial charge on any atom is -0.493 e. The number of methoxy groups -OCH3 is 1. The van der Waals surface area contributed by atoms with Gasteiger partial charge in [-0.2, -0.15) is 8.42 Å². The van der Waals surface area contributed by atoms with Crippen molar-refractivity contribution >= 4 is 45.2 Å². The first-order valence-electron chi connectivity index (χ1n) is 17.5. The van der Waals surface area contributed by atoms with Crippen molar-refractivity contribution in [2.75, 3.05) is 57.2 Å². The molecule has 3 aromatic rings. The molecule has 2 fully saturated rings. The van der Waals surface area contributed by atoms with E-state index in [0.717, 1.165) is 60.5 Å². The van der Waals surface area contributed by atoms with Crippen molar-refractivity contribution < 1.29 is 36.6 Å². The maximum absolute atomic E-state index is 13.9. The number of benzene rings is 3. The number of rotatable bonds is 9. The van der Waals surface area contributed by atoms with Gasteiger partial charge in [-0.15, -0.1) is 0 Å². The zero-order valence-corrected chi connectivity index (χ0v) is 31.9. The lowest BCUT2D eigenvalue weighted by Gasteiger charge is -2.41. The number of hydrogen-bond acceptors (Lipinski definition) is 8. The molecule has 0 spiro atoms. The molecular formula is C38H49ClN4O8S. The number of carbonyl (C=O) groups excluding carboxylic acids is 2. The molecule has 0 unspecified atom stereocenters. The summed E-state index contributed by atoms with van der Waals surface area (Å²) in [4.78, 5) is 34.6. The van der Waals surface area contributed by atoms with Gasteiger partial charge in [0.15, 0.2) is 11.5 Å². The molecule has 2 N–H and O–H groups in total. The summed E-state index contributed by atoms with van der Waals surface area (Å²) in [6.07, 6.45) is 4.88. The Kier molecular flexibility index (Phi) is 12.7. The second-order valence-electron chi connectivity index (χ2n) is 14.1. The van der Waals surface area contributed by atoms with Gasteiger partial charge >= 0.3 is 10.4 Å². The Balaban J connectivity index is 0.000000979. The summed E-state index contributed by atoms with van der Waals surface area (Å²) in [7, 11) is 1.02. The zero-order chi connectivity index (χ0) is 37.7. The predicted molar refractivity (Wildman–Crippen MR) is 202 cm³/mol. The Morgan fingerprint density at radius 2 is 1.56 bits per heavy atom. The van der Waals surface area contributed by atoms with Crippen LogP contribution in [-0.2, 0) is 26.4 Å². The van der Waals surface area contributed by atoms with Crippen LogP contribution in [0.2, 0.25) is 5.02 Å². The highest BCUT2D eigenvalue weighted by Gasteiger charge is 2.36. The van der Waals surface area contributed by atoms with Crippen LogP contribution in [-0.4, -0.2) is 98.7 Å². The molecule has 1 saturated heterocycles. The SMILES string of the molecule is COc1cc2c(cc1OC(C)C)[C@H](c1ccc(Cl)cc1)N(c1ccc(N(C)CC3CCC(N4CCN(C)C(=O)C4)CC3)cc1)C(=O)C2.O=S(=O)(O)O. The third kappa shape index (κ3) is 9.95. The number of halogens is 1. The summed E-state index contributed by atoms with van der Waals surface area (Å²) in [6, 6.07) is 20.3. The molecule has 1 aliphatic carbocycles. The number of carbonyl (C=O) groups is 2. The molecule has 282 valence electrons. The molecule has 6 rings (SSSR count). The number of nitrogens with zero attached hydrogens (tertiary/aromatic N) is 4. The van der Waals surface area contributed by atoms with Crippen LogP contribution in [0, 0.1) is 5.92 Å². The molecule has 3 aromatic carbocycles. The Morgan fingerprint density at radius 1 is 0.923 bits per heavy atom. The summed E-state index contributed by atoms with van der Waals surface area (Å²) in [5.41, 5.74) is 4.90. The molecule has 0 aromatic heterocycles. The largest absolute Gasteiger partial charge is 0.493 e. The van der Waals surface area contributed by atoms with Gasteiger partial charge in [0.2, 0.25) is 11.8 Å². The highest BCUT2D eigenvalue weighted by atomic mass is 35.5. The van der Waals surface area contributed by atoms with Gasteiger partial charge in [-0.25, -0.2) is 0 Å². The number of anilines is 2. The third-order valence-corrected chi connectivity index (χ3v) is 10.3. The van der Waals surface area contributed by atoms with E-state index in [0.29, 0.717) is 35.0 Å². The second kappa shape index (κ2) is 16.9. The number of amides is 2. The highest BCUT2D eigenvalue weighted by molar-refractivity contribution is 7.79.